The second-order valence-corrected chi connectivity index (χ2v) is 9.97. The van der Waals surface area contributed by atoms with Crippen molar-refractivity contribution >= 4 is 21.5 Å². The molecule has 1 aliphatic rings. The highest BCUT2D eigenvalue weighted by Crippen LogP contribution is 2.34. The minimum Gasteiger partial charge on any atom is -0.481 e. The van der Waals surface area contributed by atoms with Crippen LogP contribution in [0.15, 0.2) is 30.6 Å². The molecule has 0 amide bonds. The molecule has 3 aromatic heterocycles. The summed E-state index contributed by atoms with van der Waals surface area (Å²) in [6.07, 6.45) is 9.98. The lowest BCUT2D eigenvalue weighted by atomic mass is 9.90. The first-order chi connectivity index (χ1) is 14.8. The summed E-state index contributed by atoms with van der Waals surface area (Å²) in [4.78, 5) is 11.4. The number of aromatic nitrogens is 4. The number of carbonyl (C=O) groups is 1. The molecular weight excluding hydrogens is 418 g/mol. The van der Waals surface area contributed by atoms with E-state index < -0.39 is 16.0 Å². The van der Waals surface area contributed by atoms with Gasteiger partial charge in [0.15, 0.2) is 0 Å². The predicted molar refractivity (Wildman–Crippen MR) is 116 cm³/mol. The van der Waals surface area contributed by atoms with E-state index in [0.717, 1.165) is 72.8 Å². The van der Waals surface area contributed by atoms with Crippen molar-refractivity contribution < 1.29 is 18.3 Å². The number of hydrogen-bond donors (Lipinski definition) is 2. The second-order valence-electron chi connectivity index (χ2n) is 8.14. The van der Waals surface area contributed by atoms with Crippen molar-refractivity contribution in [1.82, 2.24) is 24.1 Å². The lowest BCUT2D eigenvalue weighted by Gasteiger charge is -2.23. The normalized spacial score (nSPS) is 16.5. The monoisotopic (exact) mass is 445 g/mol. The third kappa shape index (κ3) is 4.96. The van der Waals surface area contributed by atoms with Crippen molar-refractivity contribution in [2.45, 2.75) is 51.0 Å². The first-order valence-electron chi connectivity index (χ1n) is 10.5. The van der Waals surface area contributed by atoms with E-state index in [1.807, 2.05) is 35.3 Å². The van der Waals surface area contributed by atoms with Gasteiger partial charge in [0.05, 0.1) is 24.4 Å². The number of unbranched alkanes of at least 4 members (excludes halogenated alkanes) is 1. The Labute approximate surface area is 181 Å². The van der Waals surface area contributed by atoms with E-state index in [9.17, 15) is 18.3 Å². The zero-order valence-corrected chi connectivity index (χ0v) is 18.3. The highest BCUT2D eigenvalue weighted by molar-refractivity contribution is 7.88. The van der Waals surface area contributed by atoms with Crippen LogP contribution in [0.25, 0.3) is 5.52 Å². The molecule has 0 saturated carbocycles. The van der Waals surface area contributed by atoms with Gasteiger partial charge in [-0.3, -0.25) is 4.79 Å². The average molecular weight is 446 g/mol. The number of hydrogen-bond acceptors (Lipinski definition) is 5. The van der Waals surface area contributed by atoms with Gasteiger partial charge in [-0.2, -0.15) is 0 Å². The van der Waals surface area contributed by atoms with Crippen LogP contribution < -0.4 is 4.72 Å². The number of fused-ring (bicyclic) bond motifs is 3. The Kier molecular flexibility index (Phi) is 6.10. The van der Waals surface area contributed by atoms with Crippen LogP contribution in [0.1, 0.15) is 47.8 Å². The van der Waals surface area contributed by atoms with Gasteiger partial charge in [-0.15, -0.1) is 5.10 Å². The molecule has 3 aromatic rings. The van der Waals surface area contributed by atoms with Gasteiger partial charge in [-0.25, -0.2) is 17.8 Å². The molecule has 3 heterocycles. The van der Waals surface area contributed by atoms with E-state index >= 15 is 0 Å². The largest absolute Gasteiger partial charge is 0.481 e. The molecule has 1 aliphatic carbocycles. The summed E-state index contributed by atoms with van der Waals surface area (Å²) < 4.78 is 28.7. The van der Waals surface area contributed by atoms with Crippen LogP contribution in [0.2, 0.25) is 0 Å². The molecular formula is C21H27N5O4S. The summed E-state index contributed by atoms with van der Waals surface area (Å²) in [6.45, 7) is 0.429. The number of sulfonamides is 1. The Morgan fingerprint density at radius 3 is 2.94 bits per heavy atom. The van der Waals surface area contributed by atoms with E-state index in [-0.39, 0.29) is 12.5 Å². The minimum absolute atomic E-state index is 0.0369. The number of rotatable bonds is 9. The molecule has 0 fully saturated rings. The molecule has 31 heavy (non-hydrogen) atoms. The van der Waals surface area contributed by atoms with Gasteiger partial charge in [-0.05, 0) is 55.4 Å². The molecule has 0 saturated heterocycles. The Morgan fingerprint density at radius 2 is 2.16 bits per heavy atom. The number of pyridine rings is 1. The zero-order valence-electron chi connectivity index (χ0n) is 17.5. The molecule has 0 bridgehead atoms. The van der Waals surface area contributed by atoms with Gasteiger partial charge in [0, 0.05) is 36.6 Å². The van der Waals surface area contributed by atoms with E-state index in [1.54, 1.807) is 0 Å². The SMILES string of the molecule is CS(=O)(=O)NCCCCc1cn(C2CCc3c(CC(=O)O)c4ccccn4c3C2)nn1. The lowest BCUT2D eigenvalue weighted by molar-refractivity contribution is -0.136. The Hall–Kier alpha value is -2.72. The fourth-order valence-corrected chi connectivity index (χ4v) is 4.94. The van der Waals surface area contributed by atoms with Crippen molar-refractivity contribution in [1.29, 1.82) is 0 Å². The summed E-state index contributed by atoms with van der Waals surface area (Å²) in [6, 6.07) is 6.07. The summed E-state index contributed by atoms with van der Waals surface area (Å²) in [5.74, 6) is -0.811. The topological polar surface area (TPSA) is 119 Å². The molecule has 9 nitrogen and oxygen atoms in total. The Morgan fingerprint density at radius 1 is 1.32 bits per heavy atom. The number of aliphatic carboxylic acids is 1. The third-order valence-electron chi connectivity index (χ3n) is 5.81. The maximum atomic E-state index is 11.4. The van der Waals surface area contributed by atoms with Crippen LogP contribution >= 0.6 is 0 Å². The molecule has 0 aliphatic heterocycles. The molecule has 4 rings (SSSR count). The minimum atomic E-state index is -3.14. The predicted octanol–water partition coefficient (Wildman–Crippen LogP) is 1.76. The summed E-state index contributed by atoms with van der Waals surface area (Å²) in [5.41, 5.74) is 5.10. The smallest absolute Gasteiger partial charge is 0.307 e. The number of carboxylic acids is 1. The van der Waals surface area contributed by atoms with Crippen molar-refractivity contribution in [3.8, 4) is 0 Å². The molecule has 2 N–H and O–H groups in total. The average Bonchev–Trinajstić information content (AvgIpc) is 3.30. The first-order valence-corrected chi connectivity index (χ1v) is 12.4. The van der Waals surface area contributed by atoms with Crippen molar-refractivity contribution in [3.05, 3.63) is 53.1 Å². The number of carboxylic acid groups (broad SMARTS) is 1. The molecule has 166 valence electrons. The fourth-order valence-electron chi connectivity index (χ4n) is 4.42. The molecule has 0 aromatic carbocycles. The summed E-state index contributed by atoms with van der Waals surface area (Å²) in [7, 11) is -3.14. The Balaban J connectivity index is 1.44. The highest BCUT2D eigenvalue weighted by atomic mass is 32.2. The van der Waals surface area contributed by atoms with Gasteiger partial charge < -0.3 is 9.51 Å². The van der Waals surface area contributed by atoms with Crippen LogP contribution in [0.4, 0.5) is 0 Å². The van der Waals surface area contributed by atoms with Crippen LogP contribution in [-0.4, -0.2) is 51.7 Å². The van der Waals surface area contributed by atoms with E-state index in [0.29, 0.717) is 6.54 Å². The molecule has 0 spiro atoms. The first kappa shape index (κ1) is 21.5. The van der Waals surface area contributed by atoms with Gasteiger partial charge >= 0.3 is 5.97 Å². The van der Waals surface area contributed by atoms with Gasteiger partial charge in [0.1, 0.15) is 0 Å². The van der Waals surface area contributed by atoms with Crippen LogP contribution in [0.5, 0.6) is 0 Å². The number of nitrogens with one attached hydrogen (secondary N) is 1. The van der Waals surface area contributed by atoms with Crippen molar-refractivity contribution in [2.75, 3.05) is 12.8 Å². The van der Waals surface area contributed by atoms with E-state index in [2.05, 4.69) is 19.4 Å². The lowest BCUT2D eigenvalue weighted by Crippen LogP contribution is -2.22. The molecule has 1 unspecified atom stereocenters. The quantitative estimate of drug-likeness (QED) is 0.485. The maximum Gasteiger partial charge on any atom is 0.307 e. The van der Waals surface area contributed by atoms with Crippen LogP contribution in [0, 0.1) is 0 Å². The molecule has 10 heteroatoms. The second kappa shape index (κ2) is 8.80. The Bertz CT molecular complexity index is 1200. The van der Waals surface area contributed by atoms with Gasteiger partial charge in [-0.1, -0.05) is 11.3 Å². The highest BCUT2D eigenvalue weighted by Gasteiger charge is 2.28. The third-order valence-corrected chi connectivity index (χ3v) is 6.54. The van der Waals surface area contributed by atoms with E-state index in [4.69, 9.17) is 0 Å². The standard InChI is InChI=1S/C21H27N5O4S/c1-31(29,30)22-10-4-2-6-15-14-26(24-23-15)16-8-9-17-18(13-21(27)28)19-7-3-5-11-25(19)20(17)12-16/h3,5,7,11,14,16,22H,2,4,6,8-10,12-13H2,1H3,(H,27,28). The van der Waals surface area contributed by atoms with Crippen LogP contribution in [0.3, 0.4) is 0 Å². The maximum absolute atomic E-state index is 11.4. The van der Waals surface area contributed by atoms with Crippen molar-refractivity contribution in [3.63, 3.8) is 0 Å². The zero-order chi connectivity index (χ0) is 22.0. The number of nitrogens with zero attached hydrogens (tertiary/aromatic N) is 4. The molecule has 0 radical (unpaired) electrons. The van der Waals surface area contributed by atoms with Gasteiger partial charge in [0.2, 0.25) is 10.0 Å². The van der Waals surface area contributed by atoms with E-state index in [1.165, 1.54) is 0 Å². The fraction of sp³-hybridized carbons (Fsp3) is 0.476. The van der Waals surface area contributed by atoms with Gasteiger partial charge in [0.25, 0.3) is 0 Å². The van der Waals surface area contributed by atoms with Crippen molar-refractivity contribution in [2.24, 2.45) is 0 Å². The number of aryl methyl sites for hydroxylation is 1. The molecule has 1 atom stereocenters. The summed E-state index contributed by atoms with van der Waals surface area (Å²) in [5, 5.41) is 18.0. The van der Waals surface area contributed by atoms with Crippen LogP contribution in [-0.2, 0) is 40.5 Å². The summed E-state index contributed by atoms with van der Waals surface area (Å²) >= 11 is 0.